The van der Waals surface area contributed by atoms with Crippen LogP contribution in [0.1, 0.15) is 65.2 Å². The van der Waals surface area contributed by atoms with Crippen LogP contribution >= 0.6 is 0 Å². The molecule has 1 N–H and O–H groups in total. The Morgan fingerprint density at radius 3 is 2.03 bits per heavy atom. The average molecular weight is 506 g/mol. The van der Waals surface area contributed by atoms with Crippen LogP contribution in [0.25, 0.3) is 0 Å². The van der Waals surface area contributed by atoms with Gasteiger partial charge in [-0.2, -0.15) is 39.5 Å². The van der Waals surface area contributed by atoms with Gasteiger partial charge in [0.1, 0.15) is 11.4 Å². The first kappa shape index (κ1) is 25.8. The van der Waals surface area contributed by atoms with Crippen LogP contribution in [0.15, 0.2) is 11.6 Å². The van der Waals surface area contributed by atoms with E-state index >= 15 is 0 Å². The van der Waals surface area contributed by atoms with Gasteiger partial charge in [0.15, 0.2) is 0 Å². The molecule has 4 aliphatic rings. The third-order valence-electron chi connectivity index (χ3n) is 9.60. The lowest BCUT2D eigenvalue weighted by Gasteiger charge is -2.58. The maximum absolute atomic E-state index is 14.7. The van der Waals surface area contributed by atoms with E-state index in [4.69, 9.17) is 0 Å². The maximum Gasteiger partial charge on any atom is 0.460 e. The summed E-state index contributed by atoms with van der Waals surface area (Å²) in [5, 5.41) is 10.5. The predicted octanol–water partition coefficient (Wildman–Crippen LogP) is 6.72. The van der Waals surface area contributed by atoms with Crippen molar-refractivity contribution < 1.29 is 49.4 Å². The number of halogens is 9. The van der Waals surface area contributed by atoms with Crippen molar-refractivity contribution in [3.63, 3.8) is 0 Å². The summed E-state index contributed by atoms with van der Waals surface area (Å²) >= 11 is 0. The van der Waals surface area contributed by atoms with Crippen molar-refractivity contribution >= 4 is 5.78 Å². The van der Waals surface area contributed by atoms with Crippen LogP contribution in [0.2, 0.25) is 0 Å². The van der Waals surface area contributed by atoms with Crippen molar-refractivity contribution in [3.8, 4) is 0 Å². The first-order valence-corrected chi connectivity index (χ1v) is 11.4. The van der Waals surface area contributed by atoms with Gasteiger partial charge >= 0.3 is 23.9 Å². The van der Waals surface area contributed by atoms with Gasteiger partial charge in [0.05, 0.1) is 0 Å². The second-order valence-electron chi connectivity index (χ2n) is 11.1. The van der Waals surface area contributed by atoms with Crippen molar-refractivity contribution in [2.75, 3.05) is 0 Å². The zero-order valence-corrected chi connectivity index (χ0v) is 18.7. The number of carbonyl (C=O) groups excluding carboxylic acids is 1. The first-order chi connectivity index (χ1) is 15.3. The standard InChI is InChI=1S/C23H27F9O2/c1-17-9-10-19(34,20(24,25)21(26,27)22(28,29)23(30,31)32)11-12(17)3-4-13-14-5-6-16(33)18(14,2)8-7-15(13)17/h3,13-15,34H,4-11H2,1-2H3/t13?,14?,15?,17-,18-,19-/m0/s1. The van der Waals surface area contributed by atoms with Gasteiger partial charge in [-0.05, 0) is 61.7 Å². The number of rotatable bonds is 3. The summed E-state index contributed by atoms with van der Waals surface area (Å²) in [4.78, 5) is 12.5. The summed E-state index contributed by atoms with van der Waals surface area (Å²) in [6, 6.07) is 0. The lowest BCUT2D eigenvalue weighted by atomic mass is 9.47. The highest BCUT2D eigenvalue weighted by atomic mass is 19.4. The normalized spacial score (nSPS) is 41.5. The Bertz CT molecular complexity index is 911. The molecule has 0 bridgehead atoms. The second-order valence-corrected chi connectivity index (χ2v) is 11.1. The zero-order valence-electron chi connectivity index (χ0n) is 18.7. The molecule has 0 aliphatic heterocycles. The topological polar surface area (TPSA) is 37.3 Å². The van der Waals surface area contributed by atoms with Crippen molar-refractivity contribution in [1.29, 1.82) is 0 Å². The van der Waals surface area contributed by atoms with Gasteiger partial charge in [0.2, 0.25) is 0 Å². The molecule has 34 heavy (non-hydrogen) atoms. The average Bonchev–Trinajstić information content (AvgIpc) is 3.02. The Morgan fingerprint density at radius 2 is 1.44 bits per heavy atom. The molecule has 3 unspecified atom stereocenters. The number of aliphatic hydroxyl groups is 1. The molecule has 0 aromatic heterocycles. The molecule has 0 saturated heterocycles. The minimum atomic E-state index is -7.03. The number of hydrogen-bond donors (Lipinski definition) is 1. The molecule has 0 aromatic rings. The zero-order chi connectivity index (χ0) is 25.8. The van der Waals surface area contributed by atoms with E-state index < -0.39 is 53.2 Å². The lowest BCUT2D eigenvalue weighted by molar-refractivity contribution is -0.418. The Kier molecular flexibility index (Phi) is 5.43. The van der Waals surface area contributed by atoms with Gasteiger partial charge in [-0.1, -0.05) is 25.5 Å². The molecule has 0 spiro atoms. The highest BCUT2D eigenvalue weighted by Gasteiger charge is 2.85. The van der Waals surface area contributed by atoms with E-state index in [2.05, 4.69) is 0 Å². The molecule has 3 saturated carbocycles. The van der Waals surface area contributed by atoms with E-state index in [0.717, 1.165) is 0 Å². The van der Waals surface area contributed by atoms with E-state index in [1.54, 1.807) is 6.92 Å². The largest absolute Gasteiger partial charge is 0.460 e. The van der Waals surface area contributed by atoms with E-state index in [9.17, 15) is 49.4 Å². The molecule has 194 valence electrons. The molecule has 0 heterocycles. The monoisotopic (exact) mass is 506 g/mol. The minimum absolute atomic E-state index is 0.0432. The Hall–Kier alpha value is -1.26. The minimum Gasteiger partial charge on any atom is -0.383 e. The van der Waals surface area contributed by atoms with Crippen LogP contribution in [-0.4, -0.2) is 40.4 Å². The van der Waals surface area contributed by atoms with E-state index in [-0.39, 0.29) is 35.5 Å². The molecule has 0 aromatic carbocycles. The van der Waals surface area contributed by atoms with Gasteiger partial charge in [-0.25, -0.2) is 0 Å². The number of fused-ring (bicyclic) bond motifs is 5. The number of allylic oxidation sites excluding steroid dienone is 1. The fraction of sp³-hybridized carbons (Fsp3) is 0.870. The summed E-state index contributed by atoms with van der Waals surface area (Å²) in [5.74, 6) is -19.7. The quantitative estimate of drug-likeness (QED) is 0.341. The number of alkyl halides is 9. The Morgan fingerprint density at radius 1 is 0.853 bits per heavy atom. The van der Waals surface area contributed by atoms with E-state index in [1.807, 2.05) is 6.92 Å². The van der Waals surface area contributed by atoms with E-state index in [0.29, 0.717) is 32.1 Å². The summed E-state index contributed by atoms with van der Waals surface area (Å²) in [5.41, 5.74) is -4.87. The highest BCUT2D eigenvalue weighted by Crippen LogP contribution is 2.67. The van der Waals surface area contributed by atoms with Crippen LogP contribution in [0, 0.1) is 28.6 Å². The lowest BCUT2D eigenvalue weighted by Crippen LogP contribution is -2.69. The number of carbonyl (C=O) groups is 1. The van der Waals surface area contributed by atoms with Crippen molar-refractivity contribution in [3.05, 3.63) is 11.6 Å². The fourth-order valence-electron chi connectivity index (χ4n) is 7.35. The summed E-state index contributed by atoms with van der Waals surface area (Å²) in [6.07, 6.45) is -5.18. The smallest absolute Gasteiger partial charge is 0.383 e. The Labute approximate surface area is 191 Å². The Balaban J connectivity index is 1.66. The predicted molar refractivity (Wildman–Crippen MR) is 103 cm³/mol. The van der Waals surface area contributed by atoms with Crippen LogP contribution < -0.4 is 0 Å². The van der Waals surface area contributed by atoms with Gasteiger partial charge in [0.25, 0.3) is 0 Å². The molecular weight excluding hydrogens is 479 g/mol. The number of hydrogen-bond acceptors (Lipinski definition) is 2. The molecule has 11 heteroatoms. The third-order valence-corrected chi connectivity index (χ3v) is 9.60. The number of Topliss-reactive ketones (excluding diaryl/α,β-unsaturated/α-hetero) is 1. The fourth-order valence-corrected chi connectivity index (χ4v) is 7.35. The van der Waals surface area contributed by atoms with Crippen molar-refractivity contribution in [1.82, 2.24) is 0 Å². The van der Waals surface area contributed by atoms with Crippen molar-refractivity contribution in [2.24, 2.45) is 28.6 Å². The molecule has 2 nitrogen and oxygen atoms in total. The third kappa shape index (κ3) is 3.03. The SMILES string of the molecule is C[C@]12CC[C@@](O)(C(F)(F)C(F)(F)C(F)(F)C(F)(F)F)CC1=CCC1C2CC[C@]2(C)C(=O)CCC12. The molecule has 4 rings (SSSR count). The molecule has 3 fully saturated rings. The van der Waals surface area contributed by atoms with Crippen LogP contribution in [0.5, 0.6) is 0 Å². The second kappa shape index (κ2) is 7.16. The molecule has 0 amide bonds. The van der Waals surface area contributed by atoms with Crippen LogP contribution in [0.4, 0.5) is 39.5 Å². The van der Waals surface area contributed by atoms with Gasteiger partial charge in [-0.3, -0.25) is 4.79 Å². The molecule has 4 aliphatic carbocycles. The number of ketones is 1. The highest BCUT2D eigenvalue weighted by molar-refractivity contribution is 5.87. The van der Waals surface area contributed by atoms with Crippen molar-refractivity contribution in [2.45, 2.75) is 94.8 Å². The van der Waals surface area contributed by atoms with Crippen LogP contribution in [-0.2, 0) is 4.79 Å². The summed E-state index contributed by atoms with van der Waals surface area (Å²) in [7, 11) is 0. The van der Waals surface area contributed by atoms with E-state index in [1.165, 1.54) is 6.08 Å². The summed E-state index contributed by atoms with van der Waals surface area (Å²) < 4.78 is 122. The summed E-state index contributed by atoms with van der Waals surface area (Å²) in [6.45, 7) is 3.67. The van der Waals surface area contributed by atoms with Crippen LogP contribution in [0.3, 0.4) is 0 Å². The first-order valence-electron chi connectivity index (χ1n) is 11.4. The molecule has 6 atom stereocenters. The molecule has 0 radical (unpaired) electrons. The van der Waals surface area contributed by atoms with Gasteiger partial charge < -0.3 is 5.11 Å². The van der Waals surface area contributed by atoms with Gasteiger partial charge in [-0.15, -0.1) is 0 Å². The molecular formula is C23H27F9O2. The maximum atomic E-state index is 14.7. The van der Waals surface area contributed by atoms with Gasteiger partial charge in [0, 0.05) is 18.3 Å².